The minimum atomic E-state index is 0.467. The topological polar surface area (TPSA) is 67.1 Å². The molecule has 0 unspecified atom stereocenters. The molecule has 0 saturated heterocycles. The van der Waals surface area contributed by atoms with E-state index in [0.29, 0.717) is 12.5 Å². The molecule has 5 heteroatoms. The number of rotatable bonds is 0. The molecule has 0 aromatic carbocycles. The van der Waals surface area contributed by atoms with Gasteiger partial charge in [-0.25, -0.2) is 9.97 Å². The van der Waals surface area contributed by atoms with Crippen LogP contribution in [0.3, 0.4) is 0 Å². The Balaban J connectivity index is 2.57. The molecule has 13 heavy (non-hydrogen) atoms. The molecule has 0 spiro atoms. The van der Waals surface area contributed by atoms with Crippen molar-refractivity contribution in [1.82, 2.24) is 14.9 Å². The van der Waals surface area contributed by atoms with Crippen LogP contribution < -0.4 is 11.1 Å². The van der Waals surface area contributed by atoms with Gasteiger partial charge >= 0.3 is 0 Å². The summed E-state index contributed by atoms with van der Waals surface area (Å²) in [5.41, 5.74) is 7.37. The van der Waals surface area contributed by atoms with Crippen LogP contribution >= 0.6 is 0 Å². The fourth-order valence-electron chi connectivity index (χ4n) is 1.30. The first kappa shape index (κ1) is 7.85. The summed E-state index contributed by atoms with van der Waals surface area (Å²) in [4.78, 5) is 9.95. The van der Waals surface area contributed by atoms with Crippen molar-refractivity contribution >= 4 is 17.3 Å². The van der Waals surface area contributed by atoms with Gasteiger partial charge in [-0.1, -0.05) is 6.58 Å². The van der Waals surface area contributed by atoms with Crippen LogP contribution in [0.5, 0.6) is 0 Å². The molecule has 0 atom stereocenters. The zero-order valence-electron chi connectivity index (χ0n) is 7.41. The number of nitrogens with one attached hydrogen (secondary N) is 1. The Kier molecular flexibility index (Phi) is 1.58. The molecule has 0 fully saturated rings. The van der Waals surface area contributed by atoms with E-state index in [1.54, 1.807) is 0 Å². The molecule has 0 amide bonds. The van der Waals surface area contributed by atoms with Crippen molar-refractivity contribution in [3.63, 3.8) is 0 Å². The number of anilines is 2. The quantitative estimate of drug-likeness (QED) is 0.598. The van der Waals surface area contributed by atoms with Crippen LogP contribution in [0.1, 0.15) is 5.56 Å². The predicted octanol–water partition coefficient (Wildman–Crippen LogP) is 0.344. The maximum absolute atomic E-state index is 5.72. The van der Waals surface area contributed by atoms with Crippen LogP contribution in [0.25, 0.3) is 5.70 Å². The molecule has 0 aliphatic carbocycles. The van der Waals surface area contributed by atoms with Gasteiger partial charge < -0.3 is 16.0 Å². The highest BCUT2D eigenvalue weighted by molar-refractivity contribution is 5.80. The second-order valence-corrected chi connectivity index (χ2v) is 2.96. The normalized spacial score (nSPS) is 15.2. The highest BCUT2D eigenvalue weighted by Gasteiger charge is 2.19. The van der Waals surface area contributed by atoms with Crippen LogP contribution in [0, 0.1) is 0 Å². The van der Waals surface area contributed by atoms with Crippen molar-refractivity contribution < 1.29 is 0 Å². The molecular formula is C8H11N5. The molecule has 1 aliphatic rings. The lowest BCUT2D eigenvalue weighted by Gasteiger charge is -2.29. The molecule has 2 heterocycles. The maximum Gasteiger partial charge on any atom is 0.142 e. The van der Waals surface area contributed by atoms with Crippen molar-refractivity contribution in [2.24, 2.45) is 0 Å². The summed E-state index contributed by atoms with van der Waals surface area (Å²) in [7, 11) is 1.94. The minimum absolute atomic E-state index is 0.467. The molecule has 1 aromatic rings. The Morgan fingerprint density at radius 1 is 1.62 bits per heavy atom. The first-order valence-electron chi connectivity index (χ1n) is 3.95. The minimum Gasteiger partial charge on any atom is -0.383 e. The molecule has 5 nitrogen and oxygen atoms in total. The zero-order chi connectivity index (χ0) is 9.42. The van der Waals surface area contributed by atoms with Crippen LogP contribution in [-0.2, 0) is 0 Å². The van der Waals surface area contributed by atoms with Gasteiger partial charge in [-0.15, -0.1) is 0 Å². The van der Waals surface area contributed by atoms with E-state index in [1.165, 1.54) is 6.33 Å². The van der Waals surface area contributed by atoms with Crippen LogP contribution in [0.2, 0.25) is 0 Å². The standard InChI is InChI=1S/C8H11N5/c1-5-6-7(9)10-3-11-8(6)12-4-13(5)2/h3H,1,4H2,2H3,(H3,9,10,11,12). The van der Waals surface area contributed by atoms with E-state index >= 15 is 0 Å². The van der Waals surface area contributed by atoms with Gasteiger partial charge in [-0.3, -0.25) is 0 Å². The van der Waals surface area contributed by atoms with Gasteiger partial charge in [0.25, 0.3) is 0 Å². The van der Waals surface area contributed by atoms with Crippen molar-refractivity contribution in [2.45, 2.75) is 0 Å². The van der Waals surface area contributed by atoms with Gasteiger partial charge in [-0.2, -0.15) is 0 Å². The lowest BCUT2D eigenvalue weighted by atomic mass is 10.2. The smallest absolute Gasteiger partial charge is 0.142 e. The number of aromatic nitrogens is 2. The maximum atomic E-state index is 5.72. The summed E-state index contributed by atoms with van der Waals surface area (Å²) in [6.07, 6.45) is 1.44. The number of nitrogens with zero attached hydrogens (tertiary/aromatic N) is 3. The van der Waals surface area contributed by atoms with E-state index in [-0.39, 0.29) is 0 Å². The molecule has 1 aromatic heterocycles. The van der Waals surface area contributed by atoms with Crippen LogP contribution in [0.4, 0.5) is 11.6 Å². The van der Waals surface area contributed by atoms with Gasteiger partial charge in [0.15, 0.2) is 0 Å². The highest BCUT2D eigenvalue weighted by Crippen LogP contribution is 2.29. The van der Waals surface area contributed by atoms with E-state index in [2.05, 4.69) is 21.9 Å². The van der Waals surface area contributed by atoms with E-state index in [9.17, 15) is 0 Å². The average Bonchev–Trinajstić information content (AvgIpc) is 2.12. The molecule has 3 N–H and O–H groups in total. The molecule has 0 saturated carbocycles. The van der Waals surface area contributed by atoms with Gasteiger partial charge in [-0.05, 0) is 0 Å². The molecule has 1 aliphatic heterocycles. The molecule has 0 radical (unpaired) electrons. The summed E-state index contributed by atoms with van der Waals surface area (Å²) in [5, 5.41) is 3.12. The Morgan fingerprint density at radius 3 is 3.15 bits per heavy atom. The highest BCUT2D eigenvalue weighted by atomic mass is 15.3. The van der Waals surface area contributed by atoms with Gasteiger partial charge in [0.1, 0.15) is 18.0 Å². The van der Waals surface area contributed by atoms with E-state index in [1.807, 2.05) is 11.9 Å². The van der Waals surface area contributed by atoms with E-state index in [4.69, 9.17) is 5.73 Å². The fraction of sp³-hybridized carbons (Fsp3) is 0.250. The van der Waals surface area contributed by atoms with Crippen molar-refractivity contribution in [3.05, 3.63) is 18.5 Å². The lowest BCUT2D eigenvalue weighted by molar-refractivity contribution is 0.506. The SMILES string of the molecule is C=C1c2c(N)ncnc2NCN1C. The summed E-state index contributed by atoms with van der Waals surface area (Å²) < 4.78 is 0. The van der Waals surface area contributed by atoms with Gasteiger partial charge in [0.05, 0.1) is 12.2 Å². The summed E-state index contributed by atoms with van der Waals surface area (Å²) >= 11 is 0. The monoisotopic (exact) mass is 177 g/mol. The number of nitrogen functional groups attached to an aromatic ring is 1. The Morgan fingerprint density at radius 2 is 2.38 bits per heavy atom. The number of hydrogen-bond acceptors (Lipinski definition) is 5. The first-order chi connectivity index (χ1) is 6.20. The van der Waals surface area contributed by atoms with Gasteiger partial charge in [0.2, 0.25) is 0 Å². The van der Waals surface area contributed by atoms with E-state index in [0.717, 1.165) is 17.1 Å². The Labute approximate surface area is 76.3 Å². The van der Waals surface area contributed by atoms with Crippen LogP contribution in [0.15, 0.2) is 12.9 Å². The average molecular weight is 177 g/mol. The van der Waals surface area contributed by atoms with Crippen LogP contribution in [-0.4, -0.2) is 28.6 Å². The first-order valence-corrected chi connectivity index (χ1v) is 3.95. The zero-order valence-corrected chi connectivity index (χ0v) is 7.41. The molecular weight excluding hydrogens is 166 g/mol. The van der Waals surface area contributed by atoms with Crippen molar-refractivity contribution in [1.29, 1.82) is 0 Å². The molecule has 68 valence electrons. The molecule has 0 bridgehead atoms. The summed E-state index contributed by atoms with van der Waals surface area (Å²) in [6, 6.07) is 0. The summed E-state index contributed by atoms with van der Waals surface area (Å²) in [5.74, 6) is 1.23. The third-order valence-electron chi connectivity index (χ3n) is 2.11. The lowest BCUT2D eigenvalue weighted by Crippen LogP contribution is -2.30. The fourth-order valence-corrected chi connectivity index (χ4v) is 1.30. The van der Waals surface area contributed by atoms with Crippen molar-refractivity contribution in [3.8, 4) is 0 Å². The second kappa shape index (κ2) is 2.62. The number of hydrogen-bond donors (Lipinski definition) is 2. The number of nitrogens with two attached hydrogens (primary N) is 1. The summed E-state index contributed by atoms with van der Waals surface area (Å²) in [6.45, 7) is 4.62. The molecule has 2 rings (SSSR count). The predicted molar refractivity (Wildman–Crippen MR) is 51.7 cm³/mol. The second-order valence-electron chi connectivity index (χ2n) is 2.96. The third-order valence-corrected chi connectivity index (χ3v) is 2.11. The Bertz CT molecular complexity index is 360. The van der Waals surface area contributed by atoms with Gasteiger partial charge in [0, 0.05) is 12.7 Å². The van der Waals surface area contributed by atoms with E-state index < -0.39 is 0 Å². The largest absolute Gasteiger partial charge is 0.383 e. The van der Waals surface area contributed by atoms with Crippen molar-refractivity contribution in [2.75, 3.05) is 24.8 Å². The Hall–Kier alpha value is -1.78. The third kappa shape index (κ3) is 1.09. The number of fused-ring (bicyclic) bond motifs is 1.